The molecule has 1 aromatic heterocycles. The van der Waals surface area contributed by atoms with E-state index in [4.69, 9.17) is 0 Å². The number of carbonyl (C=O) groups is 2. The summed E-state index contributed by atoms with van der Waals surface area (Å²) in [5.74, 6) is 0.0987. The Hall–Kier alpha value is -2.97. The summed E-state index contributed by atoms with van der Waals surface area (Å²) in [6.07, 6.45) is 3.41. The number of H-pyrrole nitrogens is 1. The van der Waals surface area contributed by atoms with Gasteiger partial charge in [-0.3, -0.25) is 14.7 Å². The lowest BCUT2D eigenvalue weighted by molar-refractivity contribution is -0.121. The molecule has 2 amide bonds. The van der Waals surface area contributed by atoms with Gasteiger partial charge >= 0.3 is 6.61 Å². The zero-order valence-corrected chi connectivity index (χ0v) is 15.5. The third kappa shape index (κ3) is 4.65. The maximum atomic E-state index is 12.9. The Morgan fingerprint density at radius 1 is 1.36 bits per heavy atom. The number of piperidine rings is 1. The molecule has 2 heterocycles. The van der Waals surface area contributed by atoms with Crippen molar-refractivity contribution >= 4 is 11.8 Å². The summed E-state index contributed by atoms with van der Waals surface area (Å²) in [6.45, 7) is -1.81. The predicted molar refractivity (Wildman–Crippen MR) is 98.0 cm³/mol. The van der Waals surface area contributed by atoms with Crippen LogP contribution in [0.5, 0.6) is 5.75 Å². The molecule has 1 fully saturated rings. The molecule has 1 aliphatic rings. The van der Waals surface area contributed by atoms with E-state index in [1.807, 2.05) is 0 Å². The van der Waals surface area contributed by atoms with Crippen molar-refractivity contribution in [3.05, 3.63) is 36.0 Å². The van der Waals surface area contributed by atoms with Gasteiger partial charge in [0.2, 0.25) is 5.91 Å². The highest BCUT2D eigenvalue weighted by Gasteiger charge is 2.27. The molecule has 150 valence electrons. The van der Waals surface area contributed by atoms with E-state index in [1.54, 1.807) is 24.1 Å². The van der Waals surface area contributed by atoms with Gasteiger partial charge in [-0.1, -0.05) is 12.1 Å². The van der Waals surface area contributed by atoms with Crippen LogP contribution in [-0.2, 0) is 4.79 Å². The van der Waals surface area contributed by atoms with Gasteiger partial charge < -0.3 is 15.0 Å². The van der Waals surface area contributed by atoms with Gasteiger partial charge in [0.05, 0.1) is 17.5 Å². The first-order chi connectivity index (χ1) is 13.5. The third-order valence-corrected chi connectivity index (χ3v) is 4.87. The monoisotopic (exact) mass is 392 g/mol. The first-order valence-electron chi connectivity index (χ1n) is 9.06. The molecular weight excluding hydrogens is 370 g/mol. The number of nitrogens with one attached hydrogen (secondary N) is 2. The molecule has 1 aromatic carbocycles. The van der Waals surface area contributed by atoms with Crippen molar-refractivity contribution in [2.24, 2.45) is 5.92 Å². The van der Waals surface area contributed by atoms with Crippen LogP contribution in [0.3, 0.4) is 0 Å². The summed E-state index contributed by atoms with van der Waals surface area (Å²) in [4.78, 5) is 26.2. The van der Waals surface area contributed by atoms with Crippen molar-refractivity contribution in [1.29, 1.82) is 0 Å². The summed E-state index contributed by atoms with van der Waals surface area (Å²) in [6, 6.07) is 6.13. The number of likely N-dealkylation sites (tertiary alicyclic amines) is 1. The lowest BCUT2D eigenvalue weighted by Crippen LogP contribution is -2.39. The molecule has 3 rings (SSSR count). The normalized spacial score (nSPS) is 14.9. The highest BCUT2D eigenvalue weighted by Crippen LogP contribution is 2.28. The Bertz CT molecular complexity index is 832. The van der Waals surface area contributed by atoms with Gasteiger partial charge in [-0.05, 0) is 30.9 Å². The van der Waals surface area contributed by atoms with Crippen LogP contribution in [0.4, 0.5) is 8.78 Å². The Kier molecular flexibility index (Phi) is 6.23. The zero-order valence-electron chi connectivity index (χ0n) is 15.5. The van der Waals surface area contributed by atoms with Crippen molar-refractivity contribution in [3.63, 3.8) is 0 Å². The molecule has 0 radical (unpaired) electrons. The molecule has 1 aliphatic heterocycles. The van der Waals surface area contributed by atoms with E-state index in [-0.39, 0.29) is 23.5 Å². The van der Waals surface area contributed by atoms with Crippen molar-refractivity contribution in [2.75, 3.05) is 20.1 Å². The Labute approximate surface area is 161 Å². The summed E-state index contributed by atoms with van der Waals surface area (Å²) in [5, 5.41) is 9.35. The number of amides is 2. The summed E-state index contributed by atoms with van der Waals surface area (Å²) in [5.41, 5.74) is 1.37. The molecule has 0 atom stereocenters. The maximum Gasteiger partial charge on any atom is 0.387 e. The van der Waals surface area contributed by atoms with Gasteiger partial charge in [-0.15, -0.1) is 0 Å². The molecule has 2 aromatic rings. The van der Waals surface area contributed by atoms with E-state index >= 15 is 0 Å². The van der Waals surface area contributed by atoms with Crippen LogP contribution in [0.1, 0.15) is 29.6 Å². The maximum absolute atomic E-state index is 12.9. The number of carbonyl (C=O) groups excluding carboxylic acids is 2. The number of benzene rings is 1. The van der Waals surface area contributed by atoms with Crippen LogP contribution in [0.2, 0.25) is 0 Å². The fraction of sp³-hybridized carbons (Fsp3) is 0.421. The molecule has 0 spiro atoms. The van der Waals surface area contributed by atoms with Gasteiger partial charge in [0.1, 0.15) is 5.75 Å². The highest BCUT2D eigenvalue weighted by molar-refractivity contribution is 5.99. The fourth-order valence-electron chi connectivity index (χ4n) is 3.37. The second kappa shape index (κ2) is 8.81. The summed E-state index contributed by atoms with van der Waals surface area (Å²) < 4.78 is 29.3. The first-order valence-corrected chi connectivity index (χ1v) is 9.06. The number of hydrogen-bond donors (Lipinski definition) is 2. The van der Waals surface area contributed by atoms with Crippen molar-refractivity contribution in [1.82, 2.24) is 20.4 Å². The molecule has 9 heteroatoms. The third-order valence-electron chi connectivity index (χ3n) is 4.87. The quantitative estimate of drug-likeness (QED) is 0.791. The van der Waals surface area contributed by atoms with Gasteiger partial charge in [0, 0.05) is 32.1 Å². The van der Waals surface area contributed by atoms with E-state index in [2.05, 4.69) is 20.3 Å². The SMILES string of the molecule is CNC(=O)CC1CCN(C(=O)c2cn[nH]c2-c2cccc(OC(F)F)c2)CC1. The smallest absolute Gasteiger partial charge is 0.387 e. The number of aromatic nitrogens is 2. The first kappa shape index (κ1) is 19.8. The number of nitrogens with zero attached hydrogens (tertiary/aromatic N) is 2. The largest absolute Gasteiger partial charge is 0.435 e. The van der Waals surface area contributed by atoms with E-state index in [0.717, 1.165) is 12.8 Å². The minimum absolute atomic E-state index is 0.00722. The van der Waals surface area contributed by atoms with Crippen LogP contribution < -0.4 is 10.1 Å². The Balaban J connectivity index is 1.70. The molecule has 1 saturated heterocycles. The Morgan fingerprint density at radius 3 is 2.79 bits per heavy atom. The molecule has 28 heavy (non-hydrogen) atoms. The molecule has 0 saturated carbocycles. The minimum Gasteiger partial charge on any atom is -0.435 e. The zero-order chi connectivity index (χ0) is 20.1. The Morgan fingerprint density at radius 2 is 2.11 bits per heavy atom. The lowest BCUT2D eigenvalue weighted by Gasteiger charge is -2.31. The minimum atomic E-state index is -2.92. The fourth-order valence-corrected chi connectivity index (χ4v) is 3.37. The molecule has 0 bridgehead atoms. The van der Waals surface area contributed by atoms with Crippen LogP contribution in [0.15, 0.2) is 30.5 Å². The predicted octanol–water partition coefficient (Wildman–Crippen LogP) is 2.67. The summed E-state index contributed by atoms with van der Waals surface area (Å²) in [7, 11) is 1.61. The topological polar surface area (TPSA) is 87.3 Å². The highest BCUT2D eigenvalue weighted by atomic mass is 19.3. The van der Waals surface area contributed by atoms with Crippen molar-refractivity contribution in [3.8, 4) is 17.0 Å². The number of aromatic amines is 1. The molecule has 2 N–H and O–H groups in total. The van der Waals surface area contributed by atoms with Crippen LogP contribution in [0.25, 0.3) is 11.3 Å². The number of hydrogen-bond acceptors (Lipinski definition) is 4. The average molecular weight is 392 g/mol. The molecular formula is C19H22F2N4O3. The van der Waals surface area contributed by atoms with Crippen LogP contribution in [0, 0.1) is 5.92 Å². The summed E-state index contributed by atoms with van der Waals surface area (Å²) >= 11 is 0. The van der Waals surface area contributed by atoms with Crippen molar-refractivity contribution < 1.29 is 23.1 Å². The van der Waals surface area contributed by atoms with Gasteiger partial charge in [0.15, 0.2) is 0 Å². The van der Waals surface area contributed by atoms with Crippen LogP contribution >= 0.6 is 0 Å². The average Bonchev–Trinajstić information content (AvgIpc) is 3.17. The number of ether oxygens (including phenoxy) is 1. The lowest BCUT2D eigenvalue weighted by atomic mass is 9.92. The number of alkyl halides is 2. The number of halogens is 2. The second-order valence-corrected chi connectivity index (χ2v) is 6.68. The second-order valence-electron chi connectivity index (χ2n) is 6.68. The number of rotatable bonds is 6. The molecule has 7 nitrogen and oxygen atoms in total. The van der Waals surface area contributed by atoms with E-state index in [1.165, 1.54) is 18.3 Å². The van der Waals surface area contributed by atoms with E-state index in [0.29, 0.717) is 36.3 Å². The van der Waals surface area contributed by atoms with Crippen LogP contribution in [-0.4, -0.2) is 53.7 Å². The van der Waals surface area contributed by atoms with Gasteiger partial charge in [-0.25, -0.2) is 0 Å². The van der Waals surface area contributed by atoms with Gasteiger partial charge in [0.25, 0.3) is 5.91 Å². The molecule has 0 unspecified atom stereocenters. The van der Waals surface area contributed by atoms with E-state index in [9.17, 15) is 18.4 Å². The van der Waals surface area contributed by atoms with Crippen molar-refractivity contribution in [2.45, 2.75) is 25.9 Å². The molecule has 0 aliphatic carbocycles. The van der Waals surface area contributed by atoms with E-state index < -0.39 is 6.61 Å². The standard InChI is InChI=1S/C19H22F2N4O3/c1-22-16(26)9-12-5-7-25(8-6-12)18(27)15-11-23-24-17(15)13-3-2-4-14(10-13)28-19(20)21/h2-4,10-12,19H,5-9H2,1H3,(H,22,26)(H,23,24). The van der Waals surface area contributed by atoms with Gasteiger partial charge in [-0.2, -0.15) is 13.9 Å².